The Morgan fingerprint density at radius 3 is 2.30 bits per heavy atom. The van der Waals surface area contributed by atoms with E-state index in [9.17, 15) is 9.59 Å². The third kappa shape index (κ3) is 6.58. The van der Waals surface area contributed by atoms with Crippen LogP contribution in [0, 0.1) is 0 Å². The molecule has 3 aromatic rings. The number of halogens is 1. The van der Waals surface area contributed by atoms with E-state index >= 15 is 0 Å². The second-order valence-corrected chi connectivity index (χ2v) is 9.28. The maximum absolute atomic E-state index is 12.5. The number of carbonyl (C=O) groups excluding carboxylic acids is 2. The Kier molecular flexibility index (Phi) is 8.52. The molecule has 0 aliphatic carbocycles. The first kappa shape index (κ1) is 24.8. The molecule has 9 heteroatoms. The molecule has 0 aliphatic heterocycles. The summed E-state index contributed by atoms with van der Waals surface area (Å²) < 4.78 is 1.90. The fourth-order valence-electron chi connectivity index (χ4n) is 3.25. The molecule has 0 spiro atoms. The molecule has 0 aliphatic rings. The minimum atomic E-state index is -0.358. The fourth-order valence-corrected chi connectivity index (χ4v) is 4.18. The Bertz CT molecular complexity index is 1100. The van der Waals surface area contributed by atoms with Crippen molar-refractivity contribution < 1.29 is 9.59 Å². The normalized spacial score (nSPS) is 11.9. The number of carbonyl (C=O) groups is 2. The number of thioether (sulfide) groups is 1. The SMILES string of the molecule is CCn1c(SCC(=O)Nc2ccc(C(C)C)cc2)nnc1[C@H](C)NC(=O)c1ccc(Cl)cc1. The first-order chi connectivity index (χ1) is 15.8. The number of anilines is 1. The maximum atomic E-state index is 12.5. The summed E-state index contributed by atoms with van der Waals surface area (Å²) >= 11 is 7.20. The van der Waals surface area contributed by atoms with Crippen LogP contribution in [0.2, 0.25) is 5.02 Å². The van der Waals surface area contributed by atoms with E-state index in [2.05, 4.69) is 34.7 Å². The van der Waals surface area contributed by atoms with Gasteiger partial charge in [0.25, 0.3) is 5.91 Å². The van der Waals surface area contributed by atoms with E-state index in [4.69, 9.17) is 11.6 Å². The second-order valence-electron chi connectivity index (χ2n) is 7.90. The molecule has 0 bridgehead atoms. The predicted octanol–water partition coefficient (Wildman–Crippen LogP) is 5.30. The third-order valence-electron chi connectivity index (χ3n) is 5.10. The molecule has 1 atom stereocenters. The Labute approximate surface area is 203 Å². The molecule has 3 rings (SSSR count). The van der Waals surface area contributed by atoms with E-state index < -0.39 is 0 Å². The van der Waals surface area contributed by atoms with Crippen molar-refractivity contribution in [1.82, 2.24) is 20.1 Å². The van der Waals surface area contributed by atoms with Crippen LogP contribution in [0.25, 0.3) is 0 Å². The largest absolute Gasteiger partial charge is 0.342 e. The highest BCUT2D eigenvalue weighted by atomic mass is 35.5. The topological polar surface area (TPSA) is 88.9 Å². The Balaban J connectivity index is 1.59. The van der Waals surface area contributed by atoms with Crippen LogP contribution in [0.15, 0.2) is 53.7 Å². The van der Waals surface area contributed by atoms with Gasteiger partial charge in [0.2, 0.25) is 5.91 Å². The number of rotatable bonds is 9. The first-order valence-electron chi connectivity index (χ1n) is 10.8. The number of hydrogen-bond acceptors (Lipinski definition) is 5. The molecule has 7 nitrogen and oxygen atoms in total. The number of nitrogens with one attached hydrogen (secondary N) is 2. The number of aromatic nitrogens is 3. The number of benzene rings is 2. The average Bonchev–Trinajstić information content (AvgIpc) is 3.21. The molecular weight excluding hydrogens is 458 g/mol. The number of hydrogen-bond donors (Lipinski definition) is 2. The third-order valence-corrected chi connectivity index (χ3v) is 6.32. The summed E-state index contributed by atoms with van der Waals surface area (Å²) in [6.07, 6.45) is 0. The van der Waals surface area contributed by atoms with Gasteiger partial charge in [-0.25, -0.2) is 0 Å². The van der Waals surface area contributed by atoms with E-state index in [-0.39, 0.29) is 23.6 Å². The van der Waals surface area contributed by atoms with Crippen molar-refractivity contribution >= 4 is 40.9 Å². The molecule has 33 heavy (non-hydrogen) atoms. The highest BCUT2D eigenvalue weighted by molar-refractivity contribution is 7.99. The summed E-state index contributed by atoms with van der Waals surface area (Å²) in [7, 11) is 0. The van der Waals surface area contributed by atoms with Crippen LogP contribution in [-0.2, 0) is 11.3 Å². The lowest BCUT2D eigenvalue weighted by Gasteiger charge is -2.15. The zero-order valence-electron chi connectivity index (χ0n) is 19.1. The van der Waals surface area contributed by atoms with Gasteiger partial charge >= 0.3 is 0 Å². The summed E-state index contributed by atoms with van der Waals surface area (Å²) in [6, 6.07) is 14.2. The monoisotopic (exact) mass is 485 g/mol. The van der Waals surface area contributed by atoms with Gasteiger partial charge < -0.3 is 15.2 Å². The lowest BCUT2D eigenvalue weighted by molar-refractivity contribution is -0.113. The van der Waals surface area contributed by atoms with Crippen molar-refractivity contribution in [1.29, 1.82) is 0 Å². The van der Waals surface area contributed by atoms with Crippen molar-refractivity contribution in [3.05, 3.63) is 70.5 Å². The number of amides is 2. The van der Waals surface area contributed by atoms with Crippen molar-refractivity contribution in [2.24, 2.45) is 0 Å². The van der Waals surface area contributed by atoms with Gasteiger partial charge in [-0.1, -0.05) is 49.3 Å². The first-order valence-corrected chi connectivity index (χ1v) is 12.2. The molecule has 2 aromatic carbocycles. The highest BCUT2D eigenvalue weighted by Gasteiger charge is 2.20. The molecule has 2 N–H and O–H groups in total. The predicted molar refractivity (Wildman–Crippen MR) is 133 cm³/mol. The zero-order chi connectivity index (χ0) is 24.0. The van der Waals surface area contributed by atoms with Gasteiger partial charge in [-0.2, -0.15) is 0 Å². The van der Waals surface area contributed by atoms with Crippen LogP contribution in [0.3, 0.4) is 0 Å². The summed E-state index contributed by atoms with van der Waals surface area (Å²) in [5.74, 6) is 0.941. The molecule has 0 radical (unpaired) electrons. The maximum Gasteiger partial charge on any atom is 0.251 e. The van der Waals surface area contributed by atoms with Crippen molar-refractivity contribution in [3.8, 4) is 0 Å². The lowest BCUT2D eigenvalue weighted by Crippen LogP contribution is -2.28. The smallest absolute Gasteiger partial charge is 0.251 e. The molecule has 1 aromatic heterocycles. The zero-order valence-corrected chi connectivity index (χ0v) is 20.7. The second kappa shape index (κ2) is 11.3. The van der Waals surface area contributed by atoms with Crippen LogP contribution in [-0.4, -0.2) is 32.3 Å². The summed E-state index contributed by atoms with van der Waals surface area (Å²) in [4.78, 5) is 24.9. The van der Waals surface area contributed by atoms with Crippen molar-refractivity contribution in [2.75, 3.05) is 11.1 Å². The van der Waals surface area contributed by atoms with Crippen molar-refractivity contribution in [2.45, 2.75) is 51.4 Å². The molecule has 1 heterocycles. The van der Waals surface area contributed by atoms with E-state index in [0.717, 1.165) is 5.69 Å². The van der Waals surface area contributed by atoms with E-state index in [1.165, 1.54) is 17.3 Å². The molecule has 174 valence electrons. The van der Waals surface area contributed by atoms with Crippen LogP contribution < -0.4 is 10.6 Å². The van der Waals surface area contributed by atoms with Gasteiger partial charge in [0, 0.05) is 22.8 Å². The Morgan fingerprint density at radius 2 is 1.70 bits per heavy atom. The molecule has 0 saturated heterocycles. The van der Waals surface area contributed by atoms with Gasteiger partial charge in [0.05, 0.1) is 11.8 Å². The van der Waals surface area contributed by atoms with Crippen LogP contribution >= 0.6 is 23.4 Å². The molecule has 0 unspecified atom stereocenters. The molecular formula is C24H28ClN5O2S. The number of nitrogens with zero attached hydrogens (tertiary/aromatic N) is 3. The Hall–Kier alpha value is -2.84. The van der Waals surface area contributed by atoms with Gasteiger partial charge in [-0.15, -0.1) is 10.2 Å². The van der Waals surface area contributed by atoms with Crippen LogP contribution in [0.1, 0.15) is 61.4 Å². The summed E-state index contributed by atoms with van der Waals surface area (Å²) in [6.45, 7) is 8.70. The minimum Gasteiger partial charge on any atom is -0.342 e. The molecule has 2 amide bonds. The van der Waals surface area contributed by atoms with Crippen molar-refractivity contribution in [3.63, 3.8) is 0 Å². The van der Waals surface area contributed by atoms with E-state index in [1.54, 1.807) is 24.3 Å². The minimum absolute atomic E-state index is 0.117. The van der Waals surface area contributed by atoms with E-state index in [0.29, 0.717) is 34.0 Å². The van der Waals surface area contributed by atoms with Gasteiger partial charge in [0.1, 0.15) is 0 Å². The van der Waals surface area contributed by atoms with Gasteiger partial charge in [0.15, 0.2) is 11.0 Å². The van der Waals surface area contributed by atoms with E-state index in [1.807, 2.05) is 42.7 Å². The van der Waals surface area contributed by atoms with Crippen LogP contribution in [0.5, 0.6) is 0 Å². The summed E-state index contributed by atoms with van der Waals surface area (Å²) in [5.41, 5.74) is 2.51. The molecule has 0 saturated carbocycles. The highest BCUT2D eigenvalue weighted by Crippen LogP contribution is 2.22. The van der Waals surface area contributed by atoms with Gasteiger partial charge in [-0.3, -0.25) is 9.59 Å². The molecule has 0 fully saturated rings. The van der Waals surface area contributed by atoms with Crippen LogP contribution in [0.4, 0.5) is 5.69 Å². The quantitative estimate of drug-likeness (QED) is 0.401. The lowest BCUT2D eigenvalue weighted by atomic mass is 10.0. The fraction of sp³-hybridized carbons (Fsp3) is 0.333. The Morgan fingerprint density at radius 1 is 1.03 bits per heavy atom. The average molecular weight is 486 g/mol. The van der Waals surface area contributed by atoms with Gasteiger partial charge in [-0.05, 0) is 61.7 Å². The standard InChI is InChI=1S/C24H28ClN5O2S/c1-5-30-22(16(4)26-23(32)18-6-10-19(25)11-7-18)28-29-24(30)33-14-21(31)27-20-12-8-17(9-13-20)15(2)3/h6-13,15-16H,5,14H2,1-4H3,(H,26,32)(H,27,31)/t16-/m0/s1. The summed E-state index contributed by atoms with van der Waals surface area (Å²) in [5, 5.41) is 15.5.